The van der Waals surface area contributed by atoms with E-state index in [1.165, 1.54) is 0 Å². The standard InChI is InChI=1S/C24H21BrN2O3/c1-28-17-7-5-6-15(12-17)20-14-21-18-8-3-4-9-23(18)30-24(27(21)26-20)19-13-16(25)10-11-22(19)29-2/h3-13,21,24H,14H2,1-2H3/t21-,24+/m0/s1. The lowest BCUT2D eigenvalue weighted by Gasteiger charge is -2.38. The Balaban J connectivity index is 1.62. The molecule has 2 aliphatic heterocycles. The Morgan fingerprint density at radius 2 is 1.83 bits per heavy atom. The molecule has 0 amide bonds. The number of halogens is 1. The number of hydrazone groups is 1. The highest BCUT2D eigenvalue weighted by atomic mass is 79.9. The summed E-state index contributed by atoms with van der Waals surface area (Å²) in [6.45, 7) is 0. The van der Waals surface area contributed by atoms with Crippen molar-refractivity contribution in [2.24, 2.45) is 5.10 Å². The number of ether oxygens (including phenoxy) is 3. The highest BCUT2D eigenvalue weighted by Gasteiger charge is 2.41. The highest BCUT2D eigenvalue weighted by Crippen LogP contribution is 2.49. The summed E-state index contributed by atoms with van der Waals surface area (Å²) < 4.78 is 18.5. The number of nitrogens with zero attached hydrogens (tertiary/aromatic N) is 2. The topological polar surface area (TPSA) is 43.3 Å². The van der Waals surface area contributed by atoms with Crippen molar-refractivity contribution in [1.29, 1.82) is 0 Å². The summed E-state index contributed by atoms with van der Waals surface area (Å²) in [5.74, 6) is 2.47. The fourth-order valence-electron chi connectivity index (χ4n) is 4.11. The smallest absolute Gasteiger partial charge is 0.217 e. The molecule has 30 heavy (non-hydrogen) atoms. The average Bonchev–Trinajstić information content (AvgIpc) is 3.24. The van der Waals surface area contributed by atoms with Gasteiger partial charge in [-0.1, -0.05) is 46.3 Å². The van der Waals surface area contributed by atoms with Crippen LogP contribution in [0.1, 0.15) is 35.4 Å². The Morgan fingerprint density at radius 1 is 0.967 bits per heavy atom. The molecule has 0 spiro atoms. The van der Waals surface area contributed by atoms with Crippen molar-refractivity contribution < 1.29 is 14.2 Å². The number of fused-ring (bicyclic) bond motifs is 3. The number of hydrogen-bond donors (Lipinski definition) is 0. The van der Waals surface area contributed by atoms with E-state index in [2.05, 4.69) is 33.1 Å². The first-order valence-corrected chi connectivity index (χ1v) is 10.6. The van der Waals surface area contributed by atoms with E-state index in [1.807, 2.05) is 54.6 Å². The van der Waals surface area contributed by atoms with Crippen molar-refractivity contribution in [2.75, 3.05) is 14.2 Å². The third-order valence-corrected chi connectivity index (χ3v) is 6.05. The van der Waals surface area contributed by atoms with Gasteiger partial charge in [-0.25, -0.2) is 5.01 Å². The molecular formula is C24H21BrN2O3. The zero-order valence-corrected chi connectivity index (χ0v) is 18.3. The minimum Gasteiger partial charge on any atom is -0.497 e. The molecule has 2 heterocycles. The van der Waals surface area contributed by atoms with Gasteiger partial charge in [-0.3, -0.25) is 0 Å². The van der Waals surface area contributed by atoms with E-state index < -0.39 is 0 Å². The molecule has 0 radical (unpaired) electrons. The van der Waals surface area contributed by atoms with Crippen molar-refractivity contribution in [1.82, 2.24) is 5.01 Å². The summed E-state index contributed by atoms with van der Waals surface area (Å²) in [4.78, 5) is 0. The molecule has 2 atom stereocenters. The summed E-state index contributed by atoms with van der Waals surface area (Å²) in [5, 5.41) is 7.07. The molecule has 5 nitrogen and oxygen atoms in total. The number of benzene rings is 3. The van der Waals surface area contributed by atoms with E-state index in [9.17, 15) is 0 Å². The normalized spacial score (nSPS) is 19.4. The molecular weight excluding hydrogens is 444 g/mol. The zero-order valence-electron chi connectivity index (χ0n) is 16.7. The maximum absolute atomic E-state index is 6.45. The first-order chi connectivity index (χ1) is 14.7. The van der Waals surface area contributed by atoms with Gasteiger partial charge in [-0.15, -0.1) is 0 Å². The van der Waals surface area contributed by atoms with Crippen LogP contribution in [0, 0.1) is 0 Å². The average molecular weight is 465 g/mol. The fraction of sp³-hybridized carbons (Fsp3) is 0.208. The quantitative estimate of drug-likeness (QED) is 0.495. The van der Waals surface area contributed by atoms with Crippen LogP contribution in [0.5, 0.6) is 17.2 Å². The summed E-state index contributed by atoms with van der Waals surface area (Å²) >= 11 is 3.58. The van der Waals surface area contributed by atoms with Crippen LogP contribution in [0.2, 0.25) is 0 Å². The fourth-order valence-corrected chi connectivity index (χ4v) is 4.49. The van der Waals surface area contributed by atoms with Gasteiger partial charge in [0.2, 0.25) is 6.23 Å². The van der Waals surface area contributed by atoms with Crippen LogP contribution in [0.4, 0.5) is 0 Å². The van der Waals surface area contributed by atoms with Crippen LogP contribution in [-0.2, 0) is 0 Å². The second kappa shape index (κ2) is 7.69. The molecule has 3 aromatic carbocycles. The molecule has 5 rings (SSSR count). The van der Waals surface area contributed by atoms with Gasteiger partial charge in [-0.05, 0) is 36.4 Å². The molecule has 6 heteroatoms. The van der Waals surface area contributed by atoms with Crippen molar-refractivity contribution in [3.63, 3.8) is 0 Å². The van der Waals surface area contributed by atoms with Crippen molar-refractivity contribution >= 4 is 21.6 Å². The Bertz CT molecular complexity index is 1130. The van der Waals surface area contributed by atoms with Crippen molar-refractivity contribution in [3.05, 3.63) is 87.9 Å². The van der Waals surface area contributed by atoms with E-state index in [0.29, 0.717) is 0 Å². The Hall–Kier alpha value is -2.99. The molecule has 152 valence electrons. The summed E-state index contributed by atoms with van der Waals surface area (Å²) in [7, 11) is 3.36. The third-order valence-electron chi connectivity index (χ3n) is 5.56. The molecule has 0 N–H and O–H groups in total. The molecule has 0 bridgehead atoms. The van der Waals surface area contributed by atoms with Crippen LogP contribution in [0.15, 0.2) is 76.3 Å². The van der Waals surface area contributed by atoms with Crippen LogP contribution in [0.25, 0.3) is 0 Å². The monoisotopic (exact) mass is 464 g/mol. The van der Waals surface area contributed by atoms with Crippen molar-refractivity contribution in [3.8, 4) is 17.2 Å². The first kappa shape index (κ1) is 19.0. The lowest BCUT2D eigenvalue weighted by Crippen LogP contribution is -2.33. The summed E-state index contributed by atoms with van der Waals surface area (Å²) in [5.41, 5.74) is 4.14. The molecule has 3 aromatic rings. The van der Waals surface area contributed by atoms with E-state index in [1.54, 1.807) is 14.2 Å². The molecule has 0 saturated heterocycles. The van der Waals surface area contributed by atoms with E-state index >= 15 is 0 Å². The SMILES string of the molecule is COc1cccc(C2=NN3[C@@H](c4cc(Br)ccc4OC)Oc4ccccc4[C@@H]3C2)c1. The summed E-state index contributed by atoms with van der Waals surface area (Å²) in [6, 6.07) is 22.3. The van der Waals surface area contributed by atoms with Crippen LogP contribution in [-0.4, -0.2) is 24.9 Å². The first-order valence-electron chi connectivity index (χ1n) is 9.77. The predicted molar refractivity (Wildman–Crippen MR) is 119 cm³/mol. The zero-order chi connectivity index (χ0) is 20.7. The molecule has 0 unspecified atom stereocenters. The lowest BCUT2D eigenvalue weighted by molar-refractivity contribution is -0.0203. The molecule has 0 saturated carbocycles. The minimum absolute atomic E-state index is 0.0878. The Morgan fingerprint density at radius 3 is 2.67 bits per heavy atom. The van der Waals surface area contributed by atoms with Gasteiger partial charge in [0, 0.05) is 22.0 Å². The lowest BCUT2D eigenvalue weighted by atomic mass is 9.96. The molecule has 2 aliphatic rings. The third kappa shape index (κ3) is 3.21. The van der Waals surface area contributed by atoms with Gasteiger partial charge in [0.25, 0.3) is 0 Å². The highest BCUT2D eigenvalue weighted by molar-refractivity contribution is 9.10. The predicted octanol–water partition coefficient (Wildman–Crippen LogP) is 5.71. The number of para-hydroxylation sites is 1. The van der Waals surface area contributed by atoms with Gasteiger partial charge >= 0.3 is 0 Å². The van der Waals surface area contributed by atoms with Crippen LogP contribution in [0.3, 0.4) is 0 Å². The van der Waals surface area contributed by atoms with E-state index in [4.69, 9.17) is 19.3 Å². The minimum atomic E-state index is -0.388. The van der Waals surface area contributed by atoms with Gasteiger partial charge in [-0.2, -0.15) is 5.10 Å². The molecule has 0 aliphatic carbocycles. The summed E-state index contributed by atoms with van der Waals surface area (Å²) in [6.07, 6.45) is 0.404. The maximum atomic E-state index is 6.45. The molecule has 0 aromatic heterocycles. The maximum Gasteiger partial charge on any atom is 0.217 e. The van der Waals surface area contributed by atoms with Gasteiger partial charge in [0.05, 0.1) is 31.5 Å². The molecule has 0 fully saturated rings. The van der Waals surface area contributed by atoms with E-state index in [-0.39, 0.29) is 12.3 Å². The number of rotatable bonds is 4. The second-order valence-corrected chi connectivity index (χ2v) is 8.19. The van der Waals surface area contributed by atoms with Crippen LogP contribution < -0.4 is 14.2 Å². The largest absolute Gasteiger partial charge is 0.497 e. The van der Waals surface area contributed by atoms with E-state index in [0.717, 1.165) is 50.5 Å². The van der Waals surface area contributed by atoms with Gasteiger partial charge in [0.15, 0.2) is 0 Å². The van der Waals surface area contributed by atoms with Crippen LogP contribution >= 0.6 is 15.9 Å². The van der Waals surface area contributed by atoms with Gasteiger partial charge in [0.1, 0.15) is 17.2 Å². The second-order valence-electron chi connectivity index (χ2n) is 7.27. The Kier molecular flexibility index (Phi) is 4.87. The van der Waals surface area contributed by atoms with Gasteiger partial charge < -0.3 is 14.2 Å². The number of methoxy groups -OCH3 is 2. The number of hydrogen-bond acceptors (Lipinski definition) is 5. The Labute approximate surface area is 184 Å². The van der Waals surface area contributed by atoms with Crippen molar-refractivity contribution in [2.45, 2.75) is 18.7 Å².